The summed E-state index contributed by atoms with van der Waals surface area (Å²) in [6, 6.07) is 0. The van der Waals surface area contributed by atoms with Crippen LogP contribution in [-0.2, 0) is 9.59 Å². The zero-order valence-electron chi connectivity index (χ0n) is 18.0. The average Bonchev–Trinajstić information content (AvgIpc) is 2.59. The molecule has 154 valence electrons. The van der Waals surface area contributed by atoms with Gasteiger partial charge in [0.15, 0.2) is 0 Å². The first-order valence-corrected chi connectivity index (χ1v) is 10.0. The molecule has 2 N–H and O–H groups in total. The van der Waals surface area contributed by atoms with Crippen molar-refractivity contribution in [1.29, 1.82) is 0 Å². The minimum absolute atomic E-state index is 0. The maximum atomic E-state index is 10.4. The molecule has 28 heavy (non-hydrogen) atoms. The fourth-order valence-electron chi connectivity index (χ4n) is 2.61. The van der Waals surface area contributed by atoms with Gasteiger partial charge in [0.2, 0.25) is 0 Å². The molecule has 0 aromatic heterocycles. The first kappa shape index (κ1) is 32.4. The Hall–Kier alpha value is -0.304. The zero-order chi connectivity index (χ0) is 19.3. The van der Waals surface area contributed by atoms with E-state index in [0.29, 0.717) is 0 Å². The van der Waals surface area contributed by atoms with Crippen LogP contribution in [0.5, 0.6) is 0 Å². The number of hydrogen-bond acceptors (Lipinski definition) is 2. The molecule has 4 nitrogen and oxygen atoms in total. The van der Waals surface area contributed by atoms with Gasteiger partial charge >= 0.3 is 63.3 Å². The number of carboxylic acids is 2. The topological polar surface area (TPSA) is 74.6 Å². The van der Waals surface area contributed by atoms with Crippen molar-refractivity contribution in [1.82, 2.24) is 0 Å². The summed E-state index contributed by atoms with van der Waals surface area (Å²) in [6.45, 7) is 0. The third kappa shape index (κ3) is 30.4. The first-order valence-electron chi connectivity index (χ1n) is 10.0. The zero-order valence-corrected chi connectivity index (χ0v) is 21.1. The van der Waals surface area contributed by atoms with E-state index in [-0.39, 0.29) is 71.7 Å². The summed E-state index contributed by atoms with van der Waals surface area (Å²) in [6.07, 6.45) is 15.0. The summed E-state index contributed by atoms with van der Waals surface area (Å²) >= 11 is 0. The first-order chi connectivity index (χ1) is 12.6. The summed E-state index contributed by atoms with van der Waals surface area (Å²) in [4.78, 5) is 20.7. The largest absolute Gasteiger partial charge is 1.00 e. The van der Waals surface area contributed by atoms with Crippen molar-refractivity contribution in [2.24, 2.45) is 0 Å². The molecule has 5 heteroatoms. The van der Waals surface area contributed by atoms with E-state index in [9.17, 15) is 9.59 Å². The summed E-state index contributed by atoms with van der Waals surface area (Å²) in [5, 5.41) is 17.1. The molecule has 0 aliphatic heterocycles. The molecule has 0 atom stereocenters. The van der Waals surface area contributed by atoms with Gasteiger partial charge in [0.05, 0.1) is 0 Å². The van der Waals surface area contributed by atoms with Gasteiger partial charge in [-0.2, -0.15) is 0 Å². The van der Waals surface area contributed by atoms with E-state index in [1.165, 1.54) is 0 Å². The van der Waals surface area contributed by atoms with Crippen LogP contribution in [0.4, 0.5) is 0 Å². The van der Waals surface area contributed by atoms with E-state index in [2.05, 4.69) is 23.7 Å². The smallest absolute Gasteiger partial charge is 0.481 e. The Balaban J connectivity index is -0.00000312. The van der Waals surface area contributed by atoms with Gasteiger partial charge in [-0.3, -0.25) is 9.59 Å². The minimum atomic E-state index is -0.700. The van der Waals surface area contributed by atoms with E-state index in [4.69, 9.17) is 10.2 Å². The van der Waals surface area contributed by atoms with Gasteiger partial charge in [-0.25, -0.2) is 0 Å². The quantitative estimate of drug-likeness (QED) is 0.176. The maximum absolute atomic E-state index is 10.4. The van der Waals surface area contributed by atoms with E-state index in [1.807, 2.05) is 0 Å². The van der Waals surface area contributed by atoms with Crippen LogP contribution in [0.2, 0.25) is 0 Å². The predicted molar refractivity (Wildman–Crippen MR) is 111 cm³/mol. The van der Waals surface area contributed by atoms with Crippen LogP contribution in [0, 0.1) is 31.1 Å². The van der Waals surface area contributed by atoms with Gasteiger partial charge in [0.25, 0.3) is 0 Å². The molecule has 0 aliphatic rings. The third-order valence-corrected chi connectivity index (χ3v) is 4.12. The third-order valence-electron chi connectivity index (χ3n) is 4.12. The van der Waals surface area contributed by atoms with Crippen LogP contribution < -0.4 is 51.4 Å². The molecule has 0 aliphatic carbocycles. The molecule has 0 bridgehead atoms. The standard InChI is InChI=1S/C22H34O4.CH3.K/c23-21(24)19-17-15-13-11-9-7-5-3-1-2-4-6-8-10-12-14-16-18-20-22(25)26;;/h5-20H2,(H,23,24)(H,25,26);1H3;/q;-1;+1. The molecule has 0 aromatic rings. The Labute approximate surface area is 215 Å². The van der Waals surface area contributed by atoms with Crippen LogP contribution in [0.15, 0.2) is 0 Å². The number of hydrogen-bond donors (Lipinski definition) is 2. The van der Waals surface area contributed by atoms with E-state index >= 15 is 0 Å². The molecule has 0 radical (unpaired) electrons. The predicted octanol–water partition coefficient (Wildman–Crippen LogP) is 2.86. The van der Waals surface area contributed by atoms with Gasteiger partial charge in [0, 0.05) is 25.7 Å². The second-order valence-corrected chi connectivity index (χ2v) is 6.63. The molecule has 0 heterocycles. The minimum Gasteiger partial charge on any atom is -0.481 e. The Bertz CT molecular complexity index is 448. The Morgan fingerprint density at radius 3 is 1.14 bits per heavy atom. The maximum Gasteiger partial charge on any atom is 1.00 e. The second-order valence-electron chi connectivity index (χ2n) is 6.63. The number of aliphatic carboxylic acids is 2. The molecule has 0 aromatic carbocycles. The molecule has 0 saturated heterocycles. The fraction of sp³-hybridized carbons (Fsp3) is 0.696. The normalized spacial score (nSPS) is 9.00. The molecule has 0 spiro atoms. The van der Waals surface area contributed by atoms with Crippen molar-refractivity contribution in [3.05, 3.63) is 7.43 Å². The summed E-state index contributed by atoms with van der Waals surface area (Å²) in [5.74, 6) is 10.6. The van der Waals surface area contributed by atoms with Gasteiger partial charge in [-0.1, -0.05) is 63.2 Å². The van der Waals surface area contributed by atoms with Crippen LogP contribution in [0.25, 0.3) is 0 Å². The van der Waals surface area contributed by atoms with Crippen molar-refractivity contribution in [2.75, 3.05) is 0 Å². The number of unbranched alkanes of at least 4 members (excludes halogenated alkanes) is 12. The van der Waals surface area contributed by atoms with Gasteiger partial charge in [-0.15, -0.1) is 0 Å². The monoisotopic (exact) mass is 416 g/mol. The van der Waals surface area contributed by atoms with E-state index in [0.717, 1.165) is 89.9 Å². The molecular weight excluding hydrogens is 379 g/mol. The summed E-state index contributed by atoms with van der Waals surface area (Å²) in [5.41, 5.74) is 0. The SMILES string of the molecule is O=C(O)CCCCCCCCC#CC#CCCCCCCCCC(=O)O.[CH3-].[K+]. The summed E-state index contributed by atoms with van der Waals surface area (Å²) in [7, 11) is 0. The van der Waals surface area contributed by atoms with Crippen molar-refractivity contribution in [3.8, 4) is 23.7 Å². The summed E-state index contributed by atoms with van der Waals surface area (Å²) < 4.78 is 0. The van der Waals surface area contributed by atoms with Gasteiger partial charge < -0.3 is 17.6 Å². The molecular formula is C23H37KO4. The van der Waals surface area contributed by atoms with E-state index < -0.39 is 11.9 Å². The van der Waals surface area contributed by atoms with Crippen LogP contribution in [-0.4, -0.2) is 22.2 Å². The van der Waals surface area contributed by atoms with Crippen LogP contribution >= 0.6 is 0 Å². The van der Waals surface area contributed by atoms with E-state index in [1.54, 1.807) is 0 Å². The molecule has 0 fully saturated rings. The van der Waals surface area contributed by atoms with Gasteiger partial charge in [0.1, 0.15) is 0 Å². The molecule has 0 unspecified atom stereocenters. The second kappa shape index (κ2) is 26.7. The Kier molecular flexibility index (Phi) is 30.9. The molecule has 0 amide bonds. The molecule has 0 rings (SSSR count). The number of carboxylic acid groups (broad SMARTS) is 2. The van der Waals surface area contributed by atoms with Crippen molar-refractivity contribution in [2.45, 2.75) is 103 Å². The molecule has 0 saturated carbocycles. The van der Waals surface area contributed by atoms with Crippen molar-refractivity contribution in [3.63, 3.8) is 0 Å². The van der Waals surface area contributed by atoms with Crippen LogP contribution in [0.1, 0.15) is 103 Å². The average molecular weight is 417 g/mol. The fourth-order valence-corrected chi connectivity index (χ4v) is 2.61. The Morgan fingerprint density at radius 1 is 0.536 bits per heavy atom. The number of carbonyl (C=O) groups is 2. The number of rotatable bonds is 16. The Morgan fingerprint density at radius 2 is 0.821 bits per heavy atom. The van der Waals surface area contributed by atoms with Crippen molar-refractivity contribution >= 4 is 11.9 Å². The van der Waals surface area contributed by atoms with Crippen molar-refractivity contribution < 1.29 is 71.2 Å². The van der Waals surface area contributed by atoms with Gasteiger partial charge in [-0.05, 0) is 37.5 Å². The van der Waals surface area contributed by atoms with Crippen LogP contribution in [0.3, 0.4) is 0 Å².